The fourth-order valence-electron chi connectivity index (χ4n) is 2.55. The summed E-state index contributed by atoms with van der Waals surface area (Å²) in [7, 11) is 1.55. The van der Waals surface area contributed by atoms with Gasteiger partial charge in [0.1, 0.15) is 0 Å². The zero-order valence-corrected chi connectivity index (χ0v) is 16.2. The van der Waals surface area contributed by atoms with Crippen molar-refractivity contribution in [3.63, 3.8) is 0 Å². The first-order valence-corrected chi connectivity index (χ1v) is 8.95. The maximum Gasteiger partial charge on any atom is 0.255 e. The molecule has 27 heavy (non-hydrogen) atoms. The van der Waals surface area contributed by atoms with Gasteiger partial charge in [-0.3, -0.25) is 9.59 Å². The van der Waals surface area contributed by atoms with E-state index in [0.29, 0.717) is 35.0 Å². The van der Waals surface area contributed by atoms with E-state index in [4.69, 9.17) is 9.47 Å². The number of methoxy groups -OCH3 is 1. The molecule has 0 radical (unpaired) electrons. The zero-order valence-electron chi connectivity index (χ0n) is 16.2. The van der Waals surface area contributed by atoms with Gasteiger partial charge < -0.3 is 20.1 Å². The molecule has 2 rings (SSSR count). The van der Waals surface area contributed by atoms with E-state index >= 15 is 0 Å². The van der Waals surface area contributed by atoms with Crippen LogP contribution in [-0.2, 0) is 4.79 Å². The molecule has 0 fully saturated rings. The van der Waals surface area contributed by atoms with Gasteiger partial charge in [-0.05, 0) is 49.2 Å². The second-order valence-corrected chi connectivity index (χ2v) is 6.18. The lowest BCUT2D eigenvalue weighted by molar-refractivity contribution is -0.114. The molecule has 0 aliphatic heterocycles. The minimum atomic E-state index is -0.267. The number of carbonyl (C=O) groups is 2. The molecule has 0 saturated heterocycles. The number of amides is 2. The molecule has 0 aliphatic carbocycles. The summed E-state index contributed by atoms with van der Waals surface area (Å²) in [6.45, 7) is 5.98. The molecule has 0 unspecified atom stereocenters. The first kappa shape index (κ1) is 20.3. The average molecular weight is 370 g/mol. The van der Waals surface area contributed by atoms with Crippen LogP contribution in [0.25, 0.3) is 0 Å². The van der Waals surface area contributed by atoms with Crippen LogP contribution in [0.1, 0.15) is 42.6 Å². The normalized spacial score (nSPS) is 10.2. The summed E-state index contributed by atoms with van der Waals surface area (Å²) in [6, 6.07) is 10.5. The predicted octanol–water partition coefficient (Wildman–Crippen LogP) is 4.39. The Bertz CT molecular complexity index is 818. The van der Waals surface area contributed by atoms with Crippen molar-refractivity contribution in [2.45, 2.75) is 33.6 Å². The molecule has 0 spiro atoms. The van der Waals surface area contributed by atoms with Crippen LogP contribution in [0.3, 0.4) is 0 Å². The number of benzene rings is 2. The number of hydrogen-bond acceptors (Lipinski definition) is 4. The molecule has 0 atom stereocenters. The molecular weight excluding hydrogens is 344 g/mol. The van der Waals surface area contributed by atoms with Crippen LogP contribution in [0.4, 0.5) is 11.4 Å². The van der Waals surface area contributed by atoms with E-state index in [1.165, 1.54) is 6.92 Å². The van der Waals surface area contributed by atoms with Crippen molar-refractivity contribution in [2.75, 3.05) is 24.4 Å². The highest BCUT2D eigenvalue weighted by molar-refractivity contribution is 6.05. The minimum absolute atomic E-state index is 0.162. The summed E-state index contributed by atoms with van der Waals surface area (Å²) >= 11 is 0. The molecule has 6 heteroatoms. The fourth-order valence-corrected chi connectivity index (χ4v) is 2.55. The topological polar surface area (TPSA) is 76.7 Å². The maximum absolute atomic E-state index is 12.6. The lowest BCUT2D eigenvalue weighted by atomic mass is 10.1. The zero-order chi connectivity index (χ0) is 19.8. The summed E-state index contributed by atoms with van der Waals surface area (Å²) in [6.07, 6.45) is 2.00. The highest BCUT2D eigenvalue weighted by Crippen LogP contribution is 2.29. The first-order valence-electron chi connectivity index (χ1n) is 8.95. The van der Waals surface area contributed by atoms with Gasteiger partial charge in [-0.2, -0.15) is 0 Å². The number of hydrogen-bond donors (Lipinski definition) is 2. The van der Waals surface area contributed by atoms with Gasteiger partial charge in [0.15, 0.2) is 11.5 Å². The molecule has 6 nitrogen and oxygen atoms in total. The summed E-state index contributed by atoms with van der Waals surface area (Å²) < 4.78 is 11.0. The largest absolute Gasteiger partial charge is 0.493 e. The average Bonchev–Trinajstić information content (AvgIpc) is 2.65. The summed E-state index contributed by atoms with van der Waals surface area (Å²) in [5.74, 6) is 0.704. The quantitative estimate of drug-likeness (QED) is 0.676. The third-order valence-corrected chi connectivity index (χ3v) is 4.07. The van der Waals surface area contributed by atoms with E-state index < -0.39 is 0 Å². The minimum Gasteiger partial charge on any atom is -0.493 e. The van der Waals surface area contributed by atoms with Crippen molar-refractivity contribution in [3.8, 4) is 11.5 Å². The number of nitrogens with one attached hydrogen (secondary N) is 2. The monoisotopic (exact) mass is 370 g/mol. The Labute approximate surface area is 159 Å². The Morgan fingerprint density at radius 2 is 1.74 bits per heavy atom. The van der Waals surface area contributed by atoms with Gasteiger partial charge in [-0.15, -0.1) is 0 Å². The lowest BCUT2D eigenvalue weighted by Crippen LogP contribution is -2.14. The van der Waals surface area contributed by atoms with Crippen LogP contribution >= 0.6 is 0 Å². The van der Waals surface area contributed by atoms with E-state index in [9.17, 15) is 9.59 Å². The van der Waals surface area contributed by atoms with Crippen molar-refractivity contribution < 1.29 is 19.1 Å². The molecule has 0 bridgehead atoms. The van der Waals surface area contributed by atoms with E-state index in [1.54, 1.807) is 43.5 Å². The highest BCUT2D eigenvalue weighted by atomic mass is 16.5. The molecular formula is C21H26N2O4. The first-order chi connectivity index (χ1) is 13.0. The number of rotatable bonds is 8. The SMILES string of the molecule is CCCCOc1ccc(C(=O)Nc2cccc(NC(C)=O)c2C)cc1OC. The summed E-state index contributed by atoms with van der Waals surface area (Å²) in [4.78, 5) is 23.9. The van der Waals surface area contributed by atoms with Crippen LogP contribution < -0.4 is 20.1 Å². The highest BCUT2D eigenvalue weighted by Gasteiger charge is 2.13. The lowest BCUT2D eigenvalue weighted by Gasteiger charge is -2.14. The van der Waals surface area contributed by atoms with Gasteiger partial charge >= 0.3 is 0 Å². The molecule has 144 valence electrons. The Morgan fingerprint density at radius 1 is 1.04 bits per heavy atom. The van der Waals surface area contributed by atoms with E-state index in [1.807, 2.05) is 6.92 Å². The van der Waals surface area contributed by atoms with Gasteiger partial charge in [0, 0.05) is 23.9 Å². The van der Waals surface area contributed by atoms with Crippen LogP contribution in [0.5, 0.6) is 11.5 Å². The van der Waals surface area contributed by atoms with Crippen molar-refractivity contribution in [1.29, 1.82) is 0 Å². The number of carbonyl (C=O) groups excluding carboxylic acids is 2. The predicted molar refractivity (Wildman–Crippen MR) is 107 cm³/mol. The summed E-state index contributed by atoms with van der Waals surface area (Å²) in [5.41, 5.74) is 2.54. The van der Waals surface area contributed by atoms with E-state index in [-0.39, 0.29) is 11.8 Å². The van der Waals surface area contributed by atoms with Gasteiger partial charge in [-0.1, -0.05) is 19.4 Å². The van der Waals surface area contributed by atoms with Crippen LogP contribution in [0, 0.1) is 6.92 Å². The Kier molecular flexibility index (Phi) is 7.23. The third kappa shape index (κ3) is 5.48. The smallest absolute Gasteiger partial charge is 0.255 e. The second-order valence-electron chi connectivity index (χ2n) is 6.18. The molecule has 2 amide bonds. The number of ether oxygens (including phenoxy) is 2. The summed E-state index contributed by atoms with van der Waals surface area (Å²) in [5, 5.41) is 5.63. The molecule has 0 heterocycles. The Morgan fingerprint density at radius 3 is 2.37 bits per heavy atom. The van der Waals surface area contributed by atoms with Gasteiger partial charge in [0.25, 0.3) is 5.91 Å². The molecule has 0 aliphatic rings. The Hall–Kier alpha value is -3.02. The third-order valence-electron chi connectivity index (χ3n) is 4.07. The van der Waals surface area contributed by atoms with Crippen LogP contribution in [0.2, 0.25) is 0 Å². The van der Waals surface area contributed by atoms with Crippen molar-refractivity contribution in [2.24, 2.45) is 0 Å². The van der Waals surface area contributed by atoms with Crippen LogP contribution in [-0.4, -0.2) is 25.5 Å². The standard InChI is InChI=1S/C21H26N2O4/c1-5-6-12-27-19-11-10-16(13-20(19)26-4)21(25)23-18-9-7-8-17(14(18)2)22-15(3)24/h7-11,13H,5-6,12H2,1-4H3,(H,22,24)(H,23,25). The van der Waals surface area contributed by atoms with Gasteiger partial charge in [0.2, 0.25) is 5.91 Å². The van der Waals surface area contributed by atoms with E-state index in [0.717, 1.165) is 18.4 Å². The van der Waals surface area contributed by atoms with Crippen molar-refractivity contribution in [1.82, 2.24) is 0 Å². The number of unbranched alkanes of at least 4 members (excludes halogenated alkanes) is 1. The molecule has 2 aromatic carbocycles. The number of anilines is 2. The fraction of sp³-hybridized carbons (Fsp3) is 0.333. The maximum atomic E-state index is 12.6. The molecule has 0 saturated carbocycles. The molecule has 2 N–H and O–H groups in total. The Balaban J connectivity index is 2.17. The van der Waals surface area contributed by atoms with Gasteiger partial charge in [0.05, 0.1) is 13.7 Å². The van der Waals surface area contributed by atoms with E-state index in [2.05, 4.69) is 17.6 Å². The molecule has 2 aromatic rings. The molecule has 0 aromatic heterocycles. The van der Waals surface area contributed by atoms with Gasteiger partial charge in [-0.25, -0.2) is 0 Å². The van der Waals surface area contributed by atoms with Crippen molar-refractivity contribution in [3.05, 3.63) is 47.5 Å². The van der Waals surface area contributed by atoms with Crippen molar-refractivity contribution >= 4 is 23.2 Å². The van der Waals surface area contributed by atoms with Crippen LogP contribution in [0.15, 0.2) is 36.4 Å². The second kappa shape index (κ2) is 9.62.